The molecular weight excluding hydrogens is 166 g/mol. The Morgan fingerprint density at radius 1 is 1.33 bits per heavy atom. The Hall–Kier alpha value is 0.506. The molecule has 0 aromatic rings. The van der Waals surface area contributed by atoms with Crippen LogP contribution in [0.5, 0.6) is 0 Å². The Morgan fingerprint density at radius 2 is 1.67 bits per heavy atom. The third-order valence-electron chi connectivity index (χ3n) is 0.314. The number of rotatable bonds is 0. The summed E-state index contributed by atoms with van der Waals surface area (Å²) < 4.78 is 27.4. The Bertz CT molecular complexity index is 122. The molecule has 0 amide bonds. The molecule has 0 atom stereocenters. The zero-order chi connectivity index (χ0) is 4.62. The average molecular weight is 166 g/mol. The molecule has 33 valence electrons. The first-order valence-corrected chi connectivity index (χ1v) is 4.45. The van der Waals surface area contributed by atoms with Crippen molar-refractivity contribution < 1.29 is 14.4 Å². The topological polar surface area (TPSA) is 52.6 Å². The molecule has 0 aromatic carbocycles. The predicted octanol–water partition coefficient (Wildman–Crippen LogP) is -1.19. The molecule has 0 saturated carbocycles. The van der Waals surface area contributed by atoms with Crippen LogP contribution in [-0.4, -0.2) is 26.6 Å². The molecule has 0 N–H and O–H groups in total. The SMILES string of the molecule is O=S1(=O)[O][Ga][O]1. The van der Waals surface area contributed by atoms with Crippen LogP contribution in [-0.2, 0) is 16.3 Å². The summed E-state index contributed by atoms with van der Waals surface area (Å²) in [5, 5.41) is 0. The third kappa shape index (κ3) is 0.766. The monoisotopic (exact) mass is 165 g/mol. The summed E-state index contributed by atoms with van der Waals surface area (Å²) in [6.07, 6.45) is 0. The van der Waals surface area contributed by atoms with Crippen molar-refractivity contribution in [2.24, 2.45) is 0 Å². The molecule has 6 heteroatoms. The summed E-state index contributed by atoms with van der Waals surface area (Å²) in [6, 6.07) is 0. The number of hydrogen-bond donors (Lipinski definition) is 0. The van der Waals surface area contributed by atoms with Gasteiger partial charge >= 0.3 is 42.9 Å². The second-order valence-corrected chi connectivity index (χ2v) is 4.72. The van der Waals surface area contributed by atoms with Gasteiger partial charge in [0, 0.05) is 0 Å². The van der Waals surface area contributed by atoms with Crippen molar-refractivity contribution in [1.29, 1.82) is 0 Å². The van der Waals surface area contributed by atoms with E-state index >= 15 is 0 Å². The Kier molecular flexibility index (Phi) is 0.961. The zero-order valence-corrected chi connectivity index (χ0v) is 5.86. The molecule has 1 heterocycles. The zero-order valence-electron chi connectivity index (χ0n) is 2.62. The van der Waals surface area contributed by atoms with Gasteiger partial charge in [0.05, 0.1) is 0 Å². The molecule has 0 spiro atoms. The van der Waals surface area contributed by atoms with Crippen molar-refractivity contribution in [3.05, 3.63) is 0 Å². The van der Waals surface area contributed by atoms with Gasteiger partial charge in [-0.3, -0.25) is 0 Å². The summed E-state index contributed by atoms with van der Waals surface area (Å²) in [5.41, 5.74) is 0. The molecule has 1 aliphatic heterocycles. The van der Waals surface area contributed by atoms with Gasteiger partial charge in [0.2, 0.25) is 0 Å². The molecular formula is GaO4S. The van der Waals surface area contributed by atoms with E-state index in [4.69, 9.17) is 0 Å². The summed E-state index contributed by atoms with van der Waals surface area (Å²) in [4.78, 5) is 0. The Labute approximate surface area is 43.4 Å². The van der Waals surface area contributed by atoms with Gasteiger partial charge in [0.15, 0.2) is 0 Å². The fraction of sp³-hybridized carbons (Fsp3) is 0. The van der Waals surface area contributed by atoms with Gasteiger partial charge in [-0.25, -0.2) is 0 Å². The normalized spacial score (nSPS) is 27.3. The van der Waals surface area contributed by atoms with E-state index in [0.717, 1.165) is 0 Å². The van der Waals surface area contributed by atoms with Crippen LogP contribution < -0.4 is 0 Å². The average Bonchev–Trinajstić information content (AvgIpc) is 1.32. The van der Waals surface area contributed by atoms with E-state index < -0.39 is 28.5 Å². The maximum absolute atomic E-state index is 9.68. The van der Waals surface area contributed by atoms with Gasteiger partial charge in [-0.05, 0) is 0 Å². The molecule has 1 fully saturated rings. The molecule has 0 aromatic heterocycles. The Morgan fingerprint density at radius 3 is 1.67 bits per heavy atom. The van der Waals surface area contributed by atoms with Gasteiger partial charge in [-0.2, -0.15) is 0 Å². The van der Waals surface area contributed by atoms with Gasteiger partial charge in [-0.15, -0.1) is 0 Å². The second-order valence-electron chi connectivity index (χ2n) is 0.697. The predicted molar refractivity (Wildman–Crippen MR) is 16.8 cm³/mol. The van der Waals surface area contributed by atoms with Crippen LogP contribution in [0.15, 0.2) is 0 Å². The Balaban J connectivity index is 2.78. The molecule has 1 aliphatic rings. The van der Waals surface area contributed by atoms with E-state index in [1.54, 1.807) is 0 Å². The van der Waals surface area contributed by atoms with E-state index in [1.165, 1.54) is 0 Å². The van der Waals surface area contributed by atoms with Crippen LogP contribution >= 0.6 is 0 Å². The molecule has 4 nitrogen and oxygen atoms in total. The fourth-order valence-corrected chi connectivity index (χ4v) is 1.61. The molecule has 1 saturated heterocycles. The third-order valence-corrected chi connectivity index (χ3v) is 4.90. The molecule has 1 radical (unpaired) electrons. The van der Waals surface area contributed by atoms with Crippen molar-refractivity contribution in [2.45, 2.75) is 0 Å². The van der Waals surface area contributed by atoms with E-state index in [0.29, 0.717) is 0 Å². The molecule has 1 rings (SSSR count). The van der Waals surface area contributed by atoms with E-state index in [2.05, 4.69) is 5.95 Å². The van der Waals surface area contributed by atoms with Crippen molar-refractivity contribution in [3.8, 4) is 0 Å². The van der Waals surface area contributed by atoms with Gasteiger partial charge in [0.1, 0.15) is 0 Å². The summed E-state index contributed by atoms with van der Waals surface area (Å²) in [5.74, 6) is 0. The summed E-state index contributed by atoms with van der Waals surface area (Å²) >= 11 is -1.21. The summed E-state index contributed by atoms with van der Waals surface area (Å²) in [6.45, 7) is 0. The minimum absolute atomic E-state index is 1.21. The molecule has 0 bridgehead atoms. The first-order chi connectivity index (χ1) is 2.71. The first-order valence-electron chi connectivity index (χ1n) is 1.14. The molecule has 0 unspecified atom stereocenters. The summed E-state index contributed by atoms with van der Waals surface area (Å²) in [7, 11) is -3.41. The molecule has 6 heavy (non-hydrogen) atoms. The van der Waals surface area contributed by atoms with Gasteiger partial charge in [-0.1, -0.05) is 0 Å². The van der Waals surface area contributed by atoms with Crippen LogP contribution in [0.3, 0.4) is 0 Å². The first kappa shape index (κ1) is 4.66. The minimum atomic E-state index is -3.41. The molecule has 0 aliphatic carbocycles. The van der Waals surface area contributed by atoms with Crippen LogP contribution in [0.4, 0.5) is 0 Å². The van der Waals surface area contributed by atoms with Gasteiger partial charge < -0.3 is 0 Å². The van der Waals surface area contributed by atoms with Crippen molar-refractivity contribution >= 4 is 28.5 Å². The van der Waals surface area contributed by atoms with Crippen LogP contribution in [0.2, 0.25) is 0 Å². The van der Waals surface area contributed by atoms with Crippen molar-refractivity contribution in [2.75, 3.05) is 0 Å². The van der Waals surface area contributed by atoms with E-state index in [-0.39, 0.29) is 0 Å². The van der Waals surface area contributed by atoms with Crippen molar-refractivity contribution in [3.63, 3.8) is 0 Å². The van der Waals surface area contributed by atoms with Gasteiger partial charge in [0.25, 0.3) is 0 Å². The van der Waals surface area contributed by atoms with E-state index in [1.807, 2.05) is 0 Å². The standard InChI is InChI=1S/Ga.H2O4S/c;1-5(2,3)4/h;(H2,1,2,3,4)/q+2;/p-2. The maximum atomic E-state index is 9.68. The second kappa shape index (κ2) is 1.24. The van der Waals surface area contributed by atoms with Crippen LogP contribution in [0.1, 0.15) is 0 Å². The van der Waals surface area contributed by atoms with Crippen LogP contribution in [0, 0.1) is 0 Å². The van der Waals surface area contributed by atoms with E-state index in [9.17, 15) is 8.42 Å². The quantitative estimate of drug-likeness (QED) is 0.424. The number of hydrogen-bond acceptors (Lipinski definition) is 4. The fourth-order valence-electron chi connectivity index (χ4n) is 0.103. The van der Waals surface area contributed by atoms with Crippen molar-refractivity contribution in [1.82, 2.24) is 0 Å². The van der Waals surface area contributed by atoms with Crippen LogP contribution in [0.25, 0.3) is 0 Å².